The van der Waals surface area contributed by atoms with Crippen molar-refractivity contribution in [3.8, 4) is 0 Å². The smallest absolute Gasteiger partial charge is 0.323 e. The fourth-order valence-electron chi connectivity index (χ4n) is 2.72. The van der Waals surface area contributed by atoms with Gasteiger partial charge in [0.2, 0.25) is 0 Å². The number of hydrogen-bond donors (Lipinski definition) is 2. The molecule has 3 atom stereocenters. The maximum atomic E-state index is 12.2. The SMILES string of the molecule is CC(C)[C@H](N)C(=O)OCC[C@@H](COC(=O)[C@@H](N)C(C)C)Cn1cnc2cncnc21. The first-order chi connectivity index (χ1) is 14.2. The molecule has 4 N–H and O–H groups in total. The van der Waals surface area contributed by atoms with E-state index in [1.807, 2.05) is 32.3 Å². The second kappa shape index (κ2) is 11.0. The van der Waals surface area contributed by atoms with E-state index in [-0.39, 0.29) is 31.0 Å². The lowest BCUT2D eigenvalue weighted by molar-refractivity contribution is -0.150. The summed E-state index contributed by atoms with van der Waals surface area (Å²) in [5, 5.41) is 0. The summed E-state index contributed by atoms with van der Waals surface area (Å²) < 4.78 is 12.6. The Morgan fingerprint density at radius 2 is 1.67 bits per heavy atom. The zero-order valence-electron chi connectivity index (χ0n) is 18.0. The molecule has 2 heterocycles. The fourth-order valence-corrected chi connectivity index (χ4v) is 2.72. The average molecular weight is 421 g/mol. The van der Waals surface area contributed by atoms with Crippen molar-refractivity contribution >= 4 is 23.1 Å². The first-order valence-corrected chi connectivity index (χ1v) is 10.2. The van der Waals surface area contributed by atoms with Crippen LogP contribution in [0.15, 0.2) is 18.9 Å². The lowest BCUT2D eigenvalue weighted by atomic mass is 10.0. The number of hydrogen-bond acceptors (Lipinski definition) is 9. The summed E-state index contributed by atoms with van der Waals surface area (Å²) >= 11 is 0. The van der Waals surface area contributed by atoms with Gasteiger partial charge in [-0.2, -0.15) is 0 Å². The van der Waals surface area contributed by atoms with Gasteiger partial charge in [0.25, 0.3) is 0 Å². The first-order valence-electron chi connectivity index (χ1n) is 10.2. The minimum Gasteiger partial charge on any atom is -0.465 e. The van der Waals surface area contributed by atoms with E-state index in [2.05, 4.69) is 15.0 Å². The van der Waals surface area contributed by atoms with Gasteiger partial charge < -0.3 is 25.5 Å². The van der Waals surface area contributed by atoms with Crippen LogP contribution in [0.2, 0.25) is 0 Å². The Morgan fingerprint density at radius 1 is 1.03 bits per heavy atom. The summed E-state index contributed by atoms with van der Waals surface area (Å²) in [6.07, 6.45) is 5.22. The molecule has 10 nitrogen and oxygen atoms in total. The summed E-state index contributed by atoms with van der Waals surface area (Å²) in [6, 6.07) is -1.35. The number of fused-ring (bicyclic) bond motifs is 1. The molecular formula is C20H32N6O4. The quantitative estimate of drug-likeness (QED) is 0.505. The predicted octanol–water partition coefficient (Wildman–Crippen LogP) is 0.886. The summed E-state index contributed by atoms with van der Waals surface area (Å²) in [4.78, 5) is 36.7. The van der Waals surface area contributed by atoms with Crippen molar-refractivity contribution in [1.29, 1.82) is 0 Å². The van der Waals surface area contributed by atoms with E-state index in [1.165, 1.54) is 6.33 Å². The van der Waals surface area contributed by atoms with Gasteiger partial charge in [-0.3, -0.25) is 9.59 Å². The van der Waals surface area contributed by atoms with Crippen LogP contribution in [0.1, 0.15) is 34.1 Å². The Labute approximate surface area is 176 Å². The average Bonchev–Trinajstić information content (AvgIpc) is 3.12. The van der Waals surface area contributed by atoms with Crippen molar-refractivity contribution in [2.75, 3.05) is 13.2 Å². The molecule has 0 saturated heterocycles. The monoisotopic (exact) mass is 420 g/mol. The molecule has 0 aromatic carbocycles. The van der Waals surface area contributed by atoms with Gasteiger partial charge in [0.05, 0.1) is 25.7 Å². The highest BCUT2D eigenvalue weighted by atomic mass is 16.5. The van der Waals surface area contributed by atoms with Crippen LogP contribution < -0.4 is 11.5 Å². The van der Waals surface area contributed by atoms with Crippen LogP contribution in [0, 0.1) is 17.8 Å². The Kier molecular flexibility index (Phi) is 8.67. The van der Waals surface area contributed by atoms with Crippen LogP contribution in [0.4, 0.5) is 0 Å². The topological polar surface area (TPSA) is 148 Å². The highest BCUT2D eigenvalue weighted by Gasteiger charge is 2.23. The van der Waals surface area contributed by atoms with Crippen molar-refractivity contribution < 1.29 is 19.1 Å². The van der Waals surface area contributed by atoms with Crippen LogP contribution in [0.5, 0.6) is 0 Å². The van der Waals surface area contributed by atoms with E-state index in [4.69, 9.17) is 20.9 Å². The van der Waals surface area contributed by atoms with Crippen LogP contribution in [0.3, 0.4) is 0 Å². The van der Waals surface area contributed by atoms with E-state index in [0.29, 0.717) is 24.1 Å². The molecule has 0 aliphatic heterocycles. The van der Waals surface area contributed by atoms with Crippen LogP contribution in [0.25, 0.3) is 11.2 Å². The van der Waals surface area contributed by atoms with Gasteiger partial charge in [0.15, 0.2) is 5.65 Å². The first kappa shape index (κ1) is 23.7. The van der Waals surface area contributed by atoms with Gasteiger partial charge in [0.1, 0.15) is 23.9 Å². The van der Waals surface area contributed by atoms with Crippen molar-refractivity contribution in [2.24, 2.45) is 29.2 Å². The zero-order chi connectivity index (χ0) is 22.3. The Bertz CT molecular complexity index is 838. The molecule has 0 saturated carbocycles. The second-order valence-electron chi connectivity index (χ2n) is 8.12. The number of imidazole rings is 1. The number of nitrogens with two attached hydrogens (primary N) is 2. The third-order valence-corrected chi connectivity index (χ3v) is 4.95. The number of aromatic nitrogens is 4. The maximum absolute atomic E-state index is 12.2. The summed E-state index contributed by atoms with van der Waals surface area (Å²) in [5.74, 6) is -1.06. The molecule has 0 spiro atoms. The van der Waals surface area contributed by atoms with Gasteiger partial charge in [-0.25, -0.2) is 15.0 Å². The summed E-state index contributed by atoms with van der Waals surface area (Å²) in [5.41, 5.74) is 13.0. The van der Waals surface area contributed by atoms with Crippen LogP contribution in [-0.2, 0) is 25.6 Å². The molecule has 0 aliphatic rings. The molecule has 0 fully saturated rings. The van der Waals surface area contributed by atoms with Gasteiger partial charge in [-0.1, -0.05) is 27.7 Å². The number of carbonyl (C=O) groups excluding carboxylic acids is 2. The summed E-state index contributed by atoms with van der Waals surface area (Å²) in [7, 11) is 0. The third-order valence-electron chi connectivity index (χ3n) is 4.95. The maximum Gasteiger partial charge on any atom is 0.323 e. The number of nitrogens with zero attached hydrogens (tertiary/aromatic N) is 4. The van der Waals surface area contributed by atoms with E-state index in [1.54, 1.807) is 12.5 Å². The molecule has 0 radical (unpaired) electrons. The van der Waals surface area contributed by atoms with E-state index >= 15 is 0 Å². The largest absolute Gasteiger partial charge is 0.465 e. The molecule has 30 heavy (non-hydrogen) atoms. The minimum absolute atomic E-state index is 0.0104. The molecule has 0 bridgehead atoms. The van der Waals surface area contributed by atoms with E-state index < -0.39 is 24.0 Å². The van der Waals surface area contributed by atoms with Crippen molar-refractivity contribution in [2.45, 2.75) is 52.7 Å². The Hall–Kier alpha value is -2.59. The molecule has 166 valence electrons. The van der Waals surface area contributed by atoms with Crippen molar-refractivity contribution in [1.82, 2.24) is 19.5 Å². The molecule has 0 amide bonds. The van der Waals surface area contributed by atoms with Gasteiger partial charge >= 0.3 is 11.9 Å². The number of ether oxygens (including phenoxy) is 2. The van der Waals surface area contributed by atoms with E-state index in [9.17, 15) is 9.59 Å². The molecule has 0 aliphatic carbocycles. The third kappa shape index (κ3) is 6.46. The fraction of sp³-hybridized carbons (Fsp3) is 0.650. The van der Waals surface area contributed by atoms with Crippen LogP contribution >= 0.6 is 0 Å². The summed E-state index contributed by atoms with van der Waals surface area (Å²) in [6.45, 7) is 8.22. The Balaban J connectivity index is 2.02. The second-order valence-corrected chi connectivity index (χ2v) is 8.12. The lowest BCUT2D eigenvalue weighted by Gasteiger charge is -2.21. The lowest BCUT2D eigenvalue weighted by Crippen LogP contribution is -2.38. The molecule has 10 heteroatoms. The number of carbonyl (C=O) groups is 2. The zero-order valence-corrected chi connectivity index (χ0v) is 18.0. The van der Waals surface area contributed by atoms with Crippen LogP contribution in [-0.4, -0.2) is 56.8 Å². The highest BCUT2D eigenvalue weighted by molar-refractivity contribution is 5.76. The van der Waals surface area contributed by atoms with Gasteiger partial charge in [0, 0.05) is 12.5 Å². The van der Waals surface area contributed by atoms with Gasteiger partial charge in [-0.05, 0) is 18.3 Å². The molecule has 2 rings (SSSR count). The molecule has 2 aromatic rings. The van der Waals surface area contributed by atoms with Crippen molar-refractivity contribution in [3.05, 3.63) is 18.9 Å². The molecular weight excluding hydrogens is 388 g/mol. The molecule has 2 aromatic heterocycles. The van der Waals surface area contributed by atoms with E-state index in [0.717, 1.165) is 0 Å². The van der Waals surface area contributed by atoms with Gasteiger partial charge in [-0.15, -0.1) is 0 Å². The van der Waals surface area contributed by atoms with Crippen molar-refractivity contribution in [3.63, 3.8) is 0 Å². The Morgan fingerprint density at radius 3 is 2.30 bits per heavy atom. The standard InChI is InChI=1S/C20H32N6O4/c1-12(2)16(21)19(27)29-6-5-14(9-30-20(28)17(22)13(3)4)8-26-11-25-15-7-23-10-24-18(15)26/h7,10-14,16-17H,5-6,8-9,21-22H2,1-4H3/t14-,16+,17+/m1/s1. The highest BCUT2D eigenvalue weighted by Crippen LogP contribution is 2.15. The minimum atomic E-state index is -0.686. The molecule has 0 unspecified atom stereocenters. The number of esters is 2. The normalized spacial score (nSPS) is 14.7. The predicted molar refractivity (Wildman–Crippen MR) is 111 cm³/mol. The number of rotatable bonds is 11.